The Kier molecular flexibility index (Phi) is 6.97. The number of thiazole rings is 1. The molecule has 0 saturated heterocycles. The quantitative estimate of drug-likeness (QED) is 0.741. The summed E-state index contributed by atoms with van der Waals surface area (Å²) in [5.41, 5.74) is -0.361. The molecule has 0 radical (unpaired) electrons. The summed E-state index contributed by atoms with van der Waals surface area (Å²) in [4.78, 5) is 42.6. The lowest BCUT2D eigenvalue weighted by Gasteiger charge is -2.22. The van der Waals surface area contributed by atoms with Crippen molar-refractivity contribution < 1.29 is 9.59 Å². The van der Waals surface area contributed by atoms with E-state index in [1.54, 1.807) is 17.4 Å². The maximum absolute atomic E-state index is 12.6. The number of nitrogens with one attached hydrogen (secondary N) is 2. The van der Waals surface area contributed by atoms with Crippen LogP contribution in [-0.4, -0.2) is 34.0 Å². The van der Waals surface area contributed by atoms with Crippen LogP contribution in [0.2, 0.25) is 0 Å². The lowest BCUT2D eigenvalue weighted by atomic mass is 9.95. The summed E-state index contributed by atoms with van der Waals surface area (Å²) in [7, 11) is 0. The van der Waals surface area contributed by atoms with Crippen LogP contribution in [0.4, 0.5) is 0 Å². The number of pyridine rings is 1. The van der Waals surface area contributed by atoms with Crippen molar-refractivity contribution in [3.63, 3.8) is 0 Å². The van der Waals surface area contributed by atoms with Gasteiger partial charge in [-0.15, -0.1) is 11.3 Å². The van der Waals surface area contributed by atoms with Crippen molar-refractivity contribution in [3.05, 3.63) is 50.3 Å². The molecule has 0 spiro atoms. The molecular formula is C20H26N4O3S. The summed E-state index contributed by atoms with van der Waals surface area (Å²) in [6, 6.07) is 3.27. The van der Waals surface area contributed by atoms with Crippen molar-refractivity contribution in [2.75, 3.05) is 6.54 Å². The summed E-state index contributed by atoms with van der Waals surface area (Å²) in [6.07, 6.45) is 9.30. The van der Waals surface area contributed by atoms with Crippen LogP contribution >= 0.6 is 11.3 Å². The van der Waals surface area contributed by atoms with E-state index in [0.29, 0.717) is 13.0 Å². The third-order valence-corrected chi connectivity index (χ3v) is 5.82. The van der Waals surface area contributed by atoms with Gasteiger partial charge in [-0.1, -0.05) is 19.3 Å². The molecule has 2 N–H and O–H groups in total. The molecule has 0 unspecified atom stereocenters. The Morgan fingerprint density at radius 2 is 2.07 bits per heavy atom. The van der Waals surface area contributed by atoms with E-state index in [1.165, 1.54) is 23.3 Å². The molecule has 2 amide bonds. The molecule has 2 aromatic rings. The summed E-state index contributed by atoms with van der Waals surface area (Å²) >= 11 is 1.60. The number of carbonyl (C=O) groups excluding carboxylic acids is 2. The highest BCUT2D eigenvalue weighted by Crippen LogP contribution is 2.17. The molecule has 2 aromatic heterocycles. The van der Waals surface area contributed by atoms with Crippen molar-refractivity contribution in [1.29, 1.82) is 0 Å². The molecule has 0 bridgehead atoms. The van der Waals surface area contributed by atoms with Gasteiger partial charge >= 0.3 is 0 Å². The molecule has 7 nitrogen and oxygen atoms in total. The minimum absolute atomic E-state index is 0.0825. The van der Waals surface area contributed by atoms with Crippen LogP contribution in [0.5, 0.6) is 0 Å². The number of hydrogen-bond donors (Lipinski definition) is 2. The van der Waals surface area contributed by atoms with Gasteiger partial charge < -0.3 is 15.2 Å². The second kappa shape index (κ2) is 9.64. The topological polar surface area (TPSA) is 93.1 Å². The molecule has 1 aliphatic rings. The van der Waals surface area contributed by atoms with E-state index in [2.05, 4.69) is 15.6 Å². The number of aryl methyl sites for hydroxylation is 1. The molecule has 1 saturated carbocycles. The summed E-state index contributed by atoms with van der Waals surface area (Å²) in [6.45, 7) is 2.34. The summed E-state index contributed by atoms with van der Waals surface area (Å²) in [5, 5.41) is 6.72. The van der Waals surface area contributed by atoms with E-state index in [-0.39, 0.29) is 30.0 Å². The van der Waals surface area contributed by atoms with Gasteiger partial charge in [-0.05, 0) is 31.9 Å². The molecule has 2 heterocycles. The van der Waals surface area contributed by atoms with Gasteiger partial charge in [-0.2, -0.15) is 0 Å². The van der Waals surface area contributed by atoms with Gasteiger partial charge in [0.25, 0.3) is 11.5 Å². The third-order valence-electron chi connectivity index (χ3n) is 4.85. The van der Waals surface area contributed by atoms with Crippen LogP contribution in [-0.2, 0) is 17.8 Å². The fraction of sp³-hybridized carbons (Fsp3) is 0.500. The molecule has 8 heteroatoms. The van der Waals surface area contributed by atoms with Gasteiger partial charge in [-0.25, -0.2) is 4.98 Å². The molecule has 150 valence electrons. The Bertz CT molecular complexity index is 884. The van der Waals surface area contributed by atoms with Gasteiger partial charge in [0.05, 0.1) is 5.01 Å². The fourth-order valence-electron chi connectivity index (χ4n) is 3.38. The molecule has 1 fully saturated rings. The van der Waals surface area contributed by atoms with Crippen molar-refractivity contribution in [2.24, 2.45) is 0 Å². The van der Waals surface area contributed by atoms with Gasteiger partial charge in [0.1, 0.15) is 12.1 Å². The first-order chi connectivity index (χ1) is 13.5. The third kappa shape index (κ3) is 5.51. The highest BCUT2D eigenvalue weighted by Gasteiger charge is 2.19. The Morgan fingerprint density at radius 3 is 2.79 bits per heavy atom. The predicted octanol–water partition coefficient (Wildman–Crippen LogP) is 2.03. The largest absolute Gasteiger partial charge is 0.354 e. The van der Waals surface area contributed by atoms with Crippen LogP contribution in [0.15, 0.2) is 29.3 Å². The molecule has 0 aromatic carbocycles. The highest BCUT2D eigenvalue weighted by molar-refractivity contribution is 7.11. The van der Waals surface area contributed by atoms with Crippen LogP contribution in [0, 0.1) is 6.92 Å². The maximum atomic E-state index is 12.6. The normalized spacial score (nSPS) is 14.6. The van der Waals surface area contributed by atoms with Gasteiger partial charge in [-0.3, -0.25) is 14.4 Å². The molecule has 28 heavy (non-hydrogen) atoms. The minimum Gasteiger partial charge on any atom is -0.354 e. The molecular weight excluding hydrogens is 376 g/mol. The number of amides is 2. The molecule has 1 aliphatic carbocycles. The standard InChI is InChI=1S/C20H26N4O3S/c1-14-12-22-18(28-14)9-10-21-17(25)13-24-11-5-8-16(20(24)27)19(26)23-15-6-3-2-4-7-15/h5,8,11-12,15H,2-4,6-7,9-10,13H2,1H3,(H,21,25)(H,23,26). The Balaban J connectivity index is 1.55. The van der Waals surface area contributed by atoms with Crippen molar-refractivity contribution >= 4 is 23.2 Å². The first-order valence-corrected chi connectivity index (χ1v) is 10.5. The monoisotopic (exact) mass is 402 g/mol. The zero-order chi connectivity index (χ0) is 19.9. The number of hydrogen-bond acceptors (Lipinski definition) is 5. The Morgan fingerprint density at radius 1 is 1.29 bits per heavy atom. The molecule has 3 rings (SSSR count). The molecule has 0 aliphatic heterocycles. The first-order valence-electron chi connectivity index (χ1n) is 9.71. The van der Waals surface area contributed by atoms with E-state index >= 15 is 0 Å². The second-order valence-corrected chi connectivity index (χ2v) is 8.45. The highest BCUT2D eigenvalue weighted by atomic mass is 32.1. The van der Waals surface area contributed by atoms with Crippen LogP contribution in [0.25, 0.3) is 0 Å². The number of carbonyl (C=O) groups is 2. The van der Waals surface area contributed by atoms with Crippen LogP contribution < -0.4 is 16.2 Å². The van der Waals surface area contributed by atoms with Crippen LogP contribution in [0.3, 0.4) is 0 Å². The molecule has 0 atom stereocenters. The number of aromatic nitrogens is 2. The predicted molar refractivity (Wildman–Crippen MR) is 109 cm³/mol. The maximum Gasteiger partial charge on any atom is 0.263 e. The average Bonchev–Trinajstić information content (AvgIpc) is 3.09. The average molecular weight is 403 g/mol. The van der Waals surface area contributed by atoms with Gasteiger partial charge in [0.2, 0.25) is 5.91 Å². The van der Waals surface area contributed by atoms with Gasteiger partial charge in [0.15, 0.2) is 0 Å². The summed E-state index contributed by atoms with van der Waals surface area (Å²) < 4.78 is 1.28. The van der Waals surface area contributed by atoms with E-state index < -0.39 is 5.56 Å². The second-order valence-electron chi connectivity index (χ2n) is 7.13. The first kappa shape index (κ1) is 20.3. The zero-order valence-corrected chi connectivity index (χ0v) is 16.9. The van der Waals surface area contributed by atoms with Crippen LogP contribution in [0.1, 0.15) is 52.3 Å². The Labute approximate surface area is 168 Å². The zero-order valence-electron chi connectivity index (χ0n) is 16.1. The summed E-state index contributed by atoms with van der Waals surface area (Å²) in [5.74, 6) is -0.619. The number of rotatable bonds is 7. The van der Waals surface area contributed by atoms with E-state index in [4.69, 9.17) is 0 Å². The van der Waals surface area contributed by atoms with E-state index in [9.17, 15) is 14.4 Å². The number of nitrogens with zero attached hydrogens (tertiary/aromatic N) is 2. The smallest absolute Gasteiger partial charge is 0.263 e. The lowest BCUT2D eigenvalue weighted by Crippen LogP contribution is -2.40. The van der Waals surface area contributed by atoms with E-state index in [0.717, 1.165) is 35.6 Å². The fourth-order valence-corrected chi connectivity index (χ4v) is 4.17. The van der Waals surface area contributed by atoms with Crippen molar-refractivity contribution in [2.45, 2.75) is 58.0 Å². The SMILES string of the molecule is Cc1cnc(CCNC(=O)Cn2cccc(C(=O)NC3CCCCC3)c2=O)s1. The van der Waals surface area contributed by atoms with Crippen molar-refractivity contribution in [1.82, 2.24) is 20.2 Å². The van der Waals surface area contributed by atoms with Crippen molar-refractivity contribution in [3.8, 4) is 0 Å². The Hall–Kier alpha value is -2.48. The minimum atomic E-state index is -0.443. The van der Waals surface area contributed by atoms with E-state index in [1.807, 2.05) is 13.1 Å². The van der Waals surface area contributed by atoms with Gasteiger partial charge in [0, 0.05) is 36.3 Å². The lowest BCUT2D eigenvalue weighted by molar-refractivity contribution is -0.121.